The zero-order chi connectivity index (χ0) is 14.1. The predicted octanol–water partition coefficient (Wildman–Crippen LogP) is 3.04. The first-order chi connectivity index (χ1) is 8.87. The smallest absolute Gasteiger partial charge is 0.251 e. The summed E-state index contributed by atoms with van der Waals surface area (Å²) < 4.78 is 51.1. The van der Waals surface area contributed by atoms with Crippen molar-refractivity contribution in [1.29, 1.82) is 5.26 Å². The highest BCUT2D eigenvalue weighted by Crippen LogP contribution is 2.37. The van der Waals surface area contributed by atoms with Crippen LogP contribution in [0.15, 0.2) is 22.7 Å². The van der Waals surface area contributed by atoms with E-state index in [9.17, 15) is 17.4 Å². The van der Waals surface area contributed by atoms with Gasteiger partial charge in [0.05, 0.1) is 5.75 Å². The summed E-state index contributed by atoms with van der Waals surface area (Å²) >= 11 is 0. The molecule has 0 bridgehead atoms. The van der Waals surface area contributed by atoms with E-state index >= 15 is 0 Å². The summed E-state index contributed by atoms with van der Waals surface area (Å²) in [5.41, 5.74) is -0.466. The van der Waals surface area contributed by atoms with Crippen LogP contribution in [0.3, 0.4) is 0 Å². The number of hydrogen-bond donors (Lipinski definition) is 0. The molecule has 19 heavy (non-hydrogen) atoms. The van der Waals surface area contributed by atoms with Gasteiger partial charge in [0, 0.05) is 6.20 Å². The summed E-state index contributed by atoms with van der Waals surface area (Å²) in [6.07, 6.45) is -0.467. The molecule has 0 amide bonds. The number of nitriles is 1. The zero-order valence-electron chi connectivity index (χ0n) is 9.76. The first-order valence-corrected chi connectivity index (χ1v) is 7.31. The number of pyridine rings is 1. The van der Waals surface area contributed by atoms with Crippen LogP contribution in [0.4, 0.5) is 13.2 Å². The van der Waals surface area contributed by atoms with Gasteiger partial charge in [-0.05, 0) is 24.5 Å². The molecule has 0 radical (unpaired) electrons. The Bertz CT molecular complexity index is 624. The fourth-order valence-electron chi connectivity index (χ4n) is 2.14. The van der Waals surface area contributed by atoms with Crippen molar-refractivity contribution in [3.8, 4) is 6.19 Å². The second-order valence-corrected chi connectivity index (χ2v) is 6.81. The molecule has 4 nitrogen and oxygen atoms in total. The quantitative estimate of drug-likeness (QED) is 0.589. The Morgan fingerprint density at radius 2 is 2.21 bits per heavy atom. The molecule has 1 N–H and O–H groups in total. The molecule has 2 rings (SSSR count). The molecular formula is C11H11F3N3OS+. The van der Waals surface area contributed by atoms with Crippen molar-refractivity contribution >= 4 is 9.73 Å². The van der Waals surface area contributed by atoms with Crippen LogP contribution < -0.4 is 0 Å². The van der Waals surface area contributed by atoms with Crippen molar-refractivity contribution in [3.05, 3.63) is 29.6 Å². The van der Waals surface area contributed by atoms with E-state index in [4.69, 9.17) is 5.26 Å². The molecule has 0 aromatic carbocycles. The number of hydrogen-bond acceptors (Lipinski definition) is 3. The maximum absolute atomic E-state index is 12.4. The van der Waals surface area contributed by atoms with Crippen LogP contribution >= 0.6 is 0 Å². The largest absolute Gasteiger partial charge is 0.433 e. The summed E-state index contributed by atoms with van der Waals surface area (Å²) in [4.78, 5) is 3.37. The summed E-state index contributed by atoms with van der Waals surface area (Å²) in [6, 6.07) is 2.19. The van der Waals surface area contributed by atoms with E-state index in [1.54, 1.807) is 6.19 Å². The Morgan fingerprint density at radius 1 is 1.47 bits per heavy atom. The van der Waals surface area contributed by atoms with E-state index in [2.05, 4.69) is 9.35 Å². The molecule has 0 aliphatic carbocycles. The van der Waals surface area contributed by atoms with Crippen LogP contribution in [0, 0.1) is 11.5 Å². The lowest BCUT2D eigenvalue weighted by Crippen LogP contribution is -2.11. The second-order valence-electron chi connectivity index (χ2n) is 4.22. The maximum atomic E-state index is 12.4. The van der Waals surface area contributed by atoms with E-state index in [1.807, 2.05) is 0 Å². The van der Waals surface area contributed by atoms with E-state index < -0.39 is 26.8 Å². The van der Waals surface area contributed by atoms with E-state index in [0.29, 0.717) is 24.2 Å². The molecule has 1 saturated heterocycles. The topological polar surface area (TPSA) is 70.4 Å². The fraction of sp³-hybridized carbons (Fsp3) is 0.455. The number of nitrogens with zero attached hydrogens (tertiary/aromatic N) is 3. The van der Waals surface area contributed by atoms with Crippen LogP contribution in [0.2, 0.25) is 0 Å². The van der Waals surface area contributed by atoms with Gasteiger partial charge in [0.1, 0.15) is 10.9 Å². The van der Waals surface area contributed by atoms with Gasteiger partial charge in [-0.15, -0.1) is 0 Å². The first kappa shape index (κ1) is 13.8. The highest BCUT2D eigenvalue weighted by Gasteiger charge is 2.37. The molecule has 1 aromatic rings. The zero-order valence-corrected chi connectivity index (χ0v) is 10.6. The lowest BCUT2D eigenvalue weighted by atomic mass is 10.1. The third kappa shape index (κ3) is 2.71. The number of alkyl halides is 3. The molecule has 8 heteroatoms. The van der Waals surface area contributed by atoms with Crippen LogP contribution in [0.1, 0.15) is 29.3 Å². The third-order valence-electron chi connectivity index (χ3n) is 3.01. The van der Waals surface area contributed by atoms with Gasteiger partial charge in [-0.3, -0.25) is 4.98 Å². The van der Waals surface area contributed by atoms with Crippen molar-refractivity contribution in [2.45, 2.75) is 24.3 Å². The summed E-state index contributed by atoms with van der Waals surface area (Å²) in [5, 5.41) is 8.19. The van der Waals surface area contributed by atoms with Gasteiger partial charge in [-0.2, -0.15) is 18.4 Å². The average Bonchev–Trinajstić information content (AvgIpc) is 2.70. The van der Waals surface area contributed by atoms with Gasteiger partial charge < -0.3 is 0 Å². The predicted molar refractivity (Wildman–Crippen MR) is 63.4 cm³/mol. The summed E-state index contributed by atoms with van der Waals surface area (Å²) in [5.74, 6) is 0.409. The molecule has 102 valence electrons. The Morgan fingerprint density at radius 3 is 2.74 bits per heavy atom. The summed E-state index contributed by atoms with van der Waals surface area (Å²) in [6.45, 7) is 0. The molecule has 1 aliphatic heterocycles. The third-order valence-corrected chi connectivity index (χ3v) is 5.72. The minimum absolute atomic E-state index is 0.401. The molecule has 0 spiro atoms. The van der Waals surface area contributed by atoms with Crippen molar-refractivity contribution in [1.82, 2.24) is 4.98 Å². The van der Waals surface area contributed by atoms with E-state index in [-0.39, 0.29) is 0 Å². The Balaban J connectivity index is 2.37. The summed E-state index contributed by atoms with van der Waals surface area (Å²) in [7, 11) is -2.45. The lowest BCUT2D eigenvalue weighted by molar-refractivity contribution is -0.141. The normalized spacial score (nSPS) is 26.9. The molecule has 2 unspecified atom stereocenters. The second kappa shape index (κ2) is 4.81. The monoisotopic (exact) mass is 290 g/mol. The fourth-order valence-corrected chi connectivity index (χ4v) is 4.50. The first-order valence-electron chi connectivity index (χ1n) is 5.53. The van der Waals surface area contributed by atoms with Crippen molar-refractivity contribution < 1.29 is 17.4 Å². The van der Waals surface area contributed by atoms with Crippen LogP contribution in [-0.4, -0.2) is 14.9 Å². The van der Waals surface area contributed by atoms with Gasteiger partial charge >= 0.3 is 6.18 Å². The standard InChI is InChI=1S/C11H10F3N3OS/c12-11(13,14)10-4-3-8(6-16-10)9-2-1-5-19(9,18)17-7-15/h3-4,6,9H,1-2,5H2/p+1. The van der Waals surface area contributed by atoms with Crippen molar-refractivity contribution in [2.75, 3.05) is 5.75 Å². The molecule has 2 heterocycles. The van der Waals surface area contributed by atoms with Crippen molar-refractivity contribution in [2.24, 2.45) is 4.36 Å². The van der Waals surface area contributed by atoms with Crippen LogP contribution in [0.25, 0.3) is 0 Å². The van der Waals surface area contributed by atoms with Gasteiger partial charge in [0.2, 0.25) is 6.19 Å². The van der Waals surface area contributed by atoms with Gasteiger partial charge in [-0.1, -0.05) is 10.4 Å². The Hall–Kier alpha value is -1.62. The molecular weight excluding hydrogens is 279 g/mol. The highest BCUT2D eigenvalue weighted by atomic mass is 32.2. The van der Waals surface area contributed by atoms with E-state index in [1.165, 1.54) is 6.07 Å². The van der Waals surface area contributed by atoms with E-state index in [0.717, 1.165) is 12.3 Å². The SMILES string of the molecule is N#CN=S1(=[OH+])CCCC1c1ccc(C(F)(F)F)nc1. The number of rotatable bonds is 1. The van der Waals surface area contributed by atoms with Gasteiger partial charge in [-0.25, -0.2) is 4.21 Å². The average molecular weight is 290 g/mol. The lowest BCUT2D eigenvalue weighted by Gasteiger charge is -2.10. The molecule has 2 atom stereocenters. The highest BCUT2D eigenvalue weighted by molar-refractivity contribution is 7.94. The van der Waals surface area contributed by atoms with Crippen LogP contribution in [-0.2, 0) is 15.9 Å². The minimum atomic E-state index is -4.48. The molecule has 1 aromatic heterocycles. The molecule has 0 saturated carbocycles. The number of halogens is 3. The number of aromatic nitrogens is 1. The Labute approximate surface area is 108 Å². The van der Waals surface area contributed by atoms with Crippen LogP contribution in [0.5, 0.6) is 0 Å². The van der Waals surface area contributed by atoms with Crippen molar-refractivity contribution in [3.63, 3.8) is 0 Å². The molecule has 1 aliphatic rings. The van der Waals surface area contributed by atoms with Gasteiger partial charge in [0.25, 0.3) is 0 Å². The minimum Gasteiger partial charge on any atom is -0.251 e. The van der Waals surface area contributed by atoms with Gasteiger partial charge in [0.15, 0.2) is 9.73 Å². The maximum Gasteiger partial charge on any atom is 0.433 e. The molecule has 1 fully saturated rings. The Kier molecular flexibility index (Phi) is 3.49.